The van der Waals surface area contributed by atoms with Gasteiger partial charge in [-0.25, -0.2) is 15.8 Å². The van der Waals surface area contributed by atoms with Crippen LogP contribution < -0.4 is 16.6 Å². The molecule has 0 aromatic carbocycles. The first-order valence-electron chi connectivity index (χ1n) is 5.74. The first kappa shape index (κ1) is 13.7. The molecular formula is C11H21N5O. The molecule has 0 saturated heterocycles. The second kappa shape index (κ2) is 5.79. The Labute approximate surface area is 102 Å². The van der Waals surface area contributed by atoms with Gasteiger partial charge in [0.15, 0.2) is 0 Å². The van der Waals surface area contributed by atoms with Gasteiger partial charge < -0.3 is 15.8 Å². The van der Waals surface area contributed by atoms with Crippen LogP contribution in [0.3, 0.4) is 0 Å². The van der Waals surface area contributed by atoms with Crippen LogP contribution in [0.5, 0.6) is 0 Å². The molecule has 96 valence electrons. The van der Waals surface area contributed by atoms with E-state index in [1.807, 2.05) is 0 Å². The minimum absolute atomic E-state index is 0.421. The summed E-state index contributed by atoms with van der Waals surface area (Å²) in [6.07, 6.45) is 3.24. The average molecular weight is 239 g/mol. The minimum atomic E-state index is -0.787. The van der Waals surface area contributed by atoms with Gasteiger partial charge in [-0.3, -0.25) is 0 Å². The number of nitrogen functional groups attached to an aromatic ring is 1. The summed E-state index contributed by atoms with van der Waals surface area (Å²) in [6.45, 7) is 5.98. The van der Waals surface area contributed by atoms with Crippen molar-refractivity contribution in [2.24, 2.45) is 5.84 Å². The Hall–Kier alpha value is -1.40. The maximum absolute atomic E-state index is 9.68. The third-order valence-electron chi connectivity index (χ3n) is 2.27. The van der Waals surface area contributed by atoms with Gasteiger partial charge in [-0.2, -0.15) is 0 Å². The largest absolute Gasteiger partial charge is 0.389 e. The molecule has 0 bridgehead atoms. The number of hydrogen-bond donors (Lipinski definition) is 4. The predicted molar refractivity (Wildman–Crippen MR) is 68.6 cm³/mol. The van der Waals surface area contributed by atoms with Crippen LogP contribution in [-0.4, -0.2) is 27.2 Å². The van der Waals surface area contributed by atoms with Crippen molar-refractivity contribution in [3.05, 3.63) is 11.9 Å². The van der Waals surface area contributed by atoms with E-state index in [4.69, 9.17) is 5.84 Å². The molecule has 17 heavy (non-hydrogen) atoms. The van der Waals surface area contributed by atoms with Crippen molar-refractivity contribution in [3.8, 4) is 0 Å². The van der Waals surface area contributed by atoms with E-state index in [0.717, 1.165) is 24.2 Å². The Morgan fingerprint density at radius 3 is 2.53 bits per heavy atom. The second-order valence-electron chi connectivity index (χ2n) is 4.61. The fourth-order valence-corrected chi connectivity index (χ4v) is 1.48. The Morgan fingerprint density at radius 1 is 1.35 bits per heavy atom. The number of nitrogens with zero attached hydrogens (tertiary/aromatic N) is 2. The van der Waals surface area contributed by atoms with Crippen LogP contribution in [0.2, 0.25) is 0 Å². The van der Waals surface area contributed by atoms with Gasteiger partial charge in [0.05, 0.1) is 5.60 Å². The third-order valence-corrected chi connectivity index (χ3v) is 2.27. The fourth-order valence-electron chi connectivity index (χ4n) is 1.48. The molecular weight excluding hydrogens is 218 g/mol. The molecule has 0 unspecified atom stereocenters. The van der Waals surface area contributed by atoms with Crippen LogP contribution in [0.4, 0.5) is 11.6 Å². The summed E-state index contributed by atoms with van der Waals surface area (Å²) in [5, 5.41) is 12.8. The van der Waals surface area contributed by atoms with E-state index in [0.29, 0.717) is 12.4 Å². The normalized spacial score (nSPS) is 11.4. The van der Waals surface area contributed by atoms with Crippen LogP contribution >= 0.6 is 0 Å². The van der Waals surface area contributed by atoms with E-state index in [2.05, 4.69) is 27.6 Å². The molecule has 1 heterocycles. The van der Waals surface area contributed by atoms with Crippen molar-refractivity contribution >= 4 is 11.6 Å². The quantitative estimate of drug-likeness (QED) is 0.435. The number of nitrogens with two attached hydrogens (primary N) is 1. The Morgan fingerprint density at radius 2 is 2.00 bits per heavy atom. The van der Waals surface area contributed by atoms with E-state index in [9.17, 15) is 5.11 Å². The summed E-state index contributed by atoms with van der Waals surface area (Å²) >= 11 is 0. The lowest BCUT2D eigenvalue weighted by Crippen LogP contribution is -2.30. The number of nitrogens with one attached hydrogen (secondary N) is 2. The lowest BCUT2D eigenvalue weighted by molar-refractivity contribution is 0.0944. The number of aromatic nitrogens is 2. The van der Waals surface area contributed by atoms with Crippen LogP contribution in [-0.2, 0) is 6.42 Å². The molecule has 0 spiro atoms. The first-order chi connectivity index (χ1) is 7.98. The summed E-state index contributed by atoms with van der Waals surface area (Å²) in [7, 11) is 0. The zero-order valence-electron chi connectivity index (χ0n) is 10.6. The van der Waals surface area contributed by atoms with Gasteiger partial charge in [-0.1, -0.05) is 13.3 Å². The molecule has 1 rings (SSSR count). The smallest absolute Gasteiger partial charge is 0.148 e. The number of hydrogen-bond acceptors (Lipinski definition) is 6. The van der Waals surface area contributed by atoms with Crippen molar-refractivity contribution in [2.75, 3.05) is 17.3 Å². The predicted octanol–water partition coefficient (Wildman–Crippen LogP) is 0.898. The molecule has 0 fully saturated rings. The molecule has 0 atom stereocenters. The highest BCUT2D eigenvalue weighted by atomic mass is 16.3. The Kier molecular flexibility index (Phi) is 4.65. The zero-order valence-corrected chi connectivity index (χ0v) is 10.6. The zero-order chi connectivity index (χ0) is 12.9. The van der Waals surface area contributed by atoms with Crippen LogP contribution in [0.1, 0.15) is 32.8 Å². The summed E-state index contributed by atoms with van der Waals surface area (Å²) in [5.74, 6) is 6.76. The highest BCUT2D eigenvalue weighted by molar-refractivity contribution is 5.57. The van der Waals surface area contributed by atoms with Crippen molar-refractivity contribution < 1.29 is 5.11 Å². The maximum Gasteiger partial charge on any atom is 0.148 e. The molecule has 6 nitrogen and oxygen atoms in total. The number of rotatable bonds is 6. The van der Waals surface area contributed by atoms with Crippen molar-refractivity contribution in [1.29, 1.82) is 0 Å². The molecule has 0 aliphatic carbocycles. The van der Waals surface area contributed by atoms with E-state index < -0.39 is 5.60 Å². The van der Waals surface area contributed by atoms with Gasteiger partial charge in [-0.05, 0) is 20.3 Å². The molecule has 1 aromatic heterocycles. The molecule has 0 aliphatic heterocycles. The summed E-state index contributed by atoms with van der Waals surface area (Å²) in [6, 6.07) is 0. The standard InChI is InChI=1S/C11H21N5O/c1-4-5-8-9(13-6-11(2,3)17)14-7-15-10(8)16-12/h7,17H,4-6,12H2,1-3H3,(H2,13,14,15,16). The van der Waals surface area contributed by atoms with E-state index in [1.54, 1.807) is 13.8 Å². The van der Waals surface area contributed by atoms with Gasteiger partial charge in [-0.15, -0.1) is 0 Å². The summed E-state index contributed by atoms with van der Waals surface area (Å²) < 4.78 is 0. The molecule has 6 heteroatoms. The second-order valence-corrected chi connectivity index (χ2v) is 4.61. The molecule has 1 aromatic rings. The highest BCUT2D eigenvalue weighted by Gasteiger charge is 2.15. The third kappa shape index (κ3) is 4.16. The summed E-state index contributed by atoms with van der Waals surface area (Å²) in [5.41, 5.74) is 2.72. The van der Waals surface area contributed by atoms with E-state index in [-0.39, 0.29) is 0 Å². The molecule has 5 N–H and O–H groups in total. The fraction of sp³-hybridized carbons (Fsp3) is 0.636. The topological polar surface area (TPSA) is 96.1 Å². The number of anilines is 2. The van der Waals surface area contributed by atoms with E-state index in [1.165, 1.54) is 6.33 Å². The van der Waals surface area contributed by atoms with E-state index >= 15 is 0 Å². The van der Waals surface area contributed by atoms with Crippen LogP contribution in [0, 0.1) is 0 Å². The lowest BCUT2D eigenvalue weighted by Gasteiger charge is -2.20. The SMILES string of the molecule is CCCc1c(NN)ncnc1NCC(C)(C)O. The molecule has 0 amide bonds. The van der Waals surface area contributed by atoms with Gasteiger partial charge in [0.1, 0.15) is 18.0 Å². The molecule has 0 aliphatic rings. The van der Waals surface area contributed by atoms with Crippen LogP contribution in [0.25, 0.3) is 0 Å². The summed E-state index contributed by atoms with van der Waals surface area (Å²) in [4.78, 5) is 8.25. The van der Waals surface area contributed by atoms with Gasteiger partial charge in [0.2, 0.25) is 0 Å². The molecule has 0 radical (unpaired) electrons. The van der Waals surface area contributed by atoms with Crippen LogP contribution in [0.15, 0.2) is 6.33 Å². The van der Waals surface area contributed by atoms with Crippen molar-refractivity contribution in [2.45, 2.75) is 39.2 Å². The maximum atomic E-state index is 9.68. The number of aliphatic hydroxyl groups is 1. The average Bonchev–Trinajstić information content (AvgIpc) is 2.27. The van der Waals surface area contributed by atoms with Crippen molar-refractivity contribution in [3.63, 3.8) is 0 Å². The van der Waals surface area contributed by atoms with Crippen molar-refractivity contribution in [1.82, 2.24) is 9.97 Å². The number of hydrazine groups is 1. The Bertz CT molecular complexity index is 361. The Balaban J connectivity index is 2.89. The monoisotopic (exact) mass is 239 g/mol. The van der Waals surface area contributed by atoms with Gasteiger partial charge >= 0.3 is 0 Å². The minimum Gasteiger partial charge on any atom is -0.389 e. The molecule has 0 saturated carbocycles. The van der Waals surface area contributed by atoms with Gasteiger partial charge in [0, 0.05) is 12.1 Å². The lowest BCUT2D eigenvalue weighted by atomic mass is 10.1. The van der Waals surface area contributed by atoms with Gasteiger partial charge in [0.25, 0.3) is 0 Å². The highest BCUT2D eigenvalue weighted by Crippen LogP contribution is 2.21. The first-order valence-corrected chi connectivity index (χ1v) is 5.74.